The van der Waals surface area contributed by atoms with Crippen molar-refractivity contribution in [3.63, 3.8) is 0 Å². The number of alkyl carbamates (subject to hydrolysis) is 1. The van der Waals surface area contributed by atoms with Crippen molar-refractivity contribution in [2.75, 3.05) is 19.0 Å². The van der Waals surface area contributed by atoms with Crippen molar-refractivity contribution in [3.05, 3.63) is 108 Å². The largest absolute Gasteiger partial charge is 0.466 e. The monoisotopic (exact) mass is 568 g/mol. The number of carbonyl (C=O) groups is 4. The van der Waals surface area contributed by atoms with Crippen LogP contribution in [0.4, 0.5) is 10.5 Å². The summed E-state index contributed by atoms with van der Waals surface area (Å²) >= 11 is 0. The Labute approximate surface area is 243 Å². The summed E-state index contributed by atoms with van der Waals surface area (Å²) in [5.74, 6) is -1.43. The second-order valence-corrected chi connectivity index (χ2v) is 9.36. The van der Waals surface area contributed by atoms with E-state index in [1.54, 1.807) is 30.3 Å². The Bertz CT molecular complexity index is 1530. The van der Waals surface area contributed by atoms with Gasteiger partial charge in [0.15, 0.2) is 0 Å². The van der Waals surface area contributed by atoms with Crippen molar-refractivity contribution in [1.82, 2.24) is 15.6 Å². The number of fused-ring (bicyclic) bond motifs is 1. The molecule has 1 aromatic heterocycles. The van der Waals surface area contributed by atoms with E-state index in [1.165, 1.54) is 19.3 Å². The minimum absolute atomic E-state index is 0.141. The fourth-order valence-corrected chi connectivity index (χ4v) is 4.17. The fraction of sp³-hybridized carbons (Fsp3) is 0.188. The van der Waals surface area contributed by atoms with Crippen LogP contribution < -0.4 is 16.0 Å². The number of carbonyl (C=O) groups excluding carboxylic acids is 4. The Morgan fingerprint density at radius 2 is 1.67 bits per heavy atom. The van der Waals surface area contributed by atoms with Crippen LogP contribution in [0.15, 0.2) is 91.0 Å². The van der Waals surface area contributed by atoms with Gasteiger partial charge in [-0.2, -0.15) is 0 Å². The van der Waals surface area contributed by atoms with Gasteiger partial charge in [-0.1, -0.05) is 66.7 Å². The molecule has 4 aromatic rings. The molecule has 3 amide bonds. The molecule has 10 nitrogen and oxygen atoms in total. The molecule has 0 aliphatic rings. The molecular weight excluding hydrogens is 536 g/mol. The van der Waals surface area contributed by atoms with Crippen molar-refractivity contribution in [2.45, 2.75) is 25.5 Å². The molecule has 10 heteroatoms. The number of para-hydroxylation sites is 2. The smallest absolute Gasteiger partial charge is 0.407 e. The average Bonchev–Trinajstić information content (AvgIpc) is 3.46. The average molecular weight is 569 g/mol. The number of methoxy groups -OCH3 is 1. The number of H-pyrrole nitrogens is 1. The van der Waals surface area contributed by atoms with E-state index < -0.39 is 29.9 Å². The summed E-state index contributed by atoms with van der Waals surface area (Å²) in [5, 5.41) is 9.20. The van der Waals surface area contributed by atoms with Gasteiger partial charge in [0.25, 0.3) is 5.91 Å². The van der Waals surface area contributed by atoms with Crippen LogP contribution in [0.3, 0.4) is 0 Å². The molecule has 0 aliphatic carbocycles. The zero-order chi connectivity index (χ0) is 29.7. The van der Waals surface area contributed by atoms with Gasteiger partial charge in [-0.3, -0.25) is 9.59 Å². The summed E-state index contributed by atoms with van der Waals surface area (Å²) in [6, 6.07) is 24.5. The van der Waals surface area contributed by atoms with Crippen LogP contribution in [0.5, 0.6) is 0 Å². The van der Waals surface area contributed by atoms with Crippen LogP contribution in [-0.4, -0.2) is 48.6 Å². The van der Waals surface area contributed by atoms with E-state index in [2.05, 4.69) is 25.7 Å². The maximum atomic E-state index is 13.4. The van der Waals surface area contributed by atoms with Gasteiger partial charge in [0, 0.05) is 29.2 Å². The van der Waals surface area contributed by atoms with E-state index in [0.717, 1.165) is 16.5 Å². The minimum Gasteiger partial charge on any atom is -0.466 e. The number of amides is 3. The molecule has 1 atom stereocenters. The highest BCUT2D eigenvalue weighted by Gasteiger charge is 2.23. The normalized spacial score (nSPS) is 11.5. The van der Waals surface area contributed by atoms with Crippen molar-refractivity contribution >= 4 is 46.5 Å². The van der Waals surface area contributed by atoms with Crippen LogP contribution in [0.25, 0.3) is 17.0 Å². The lowest BCUT2D eigenvalue weighted by Gasteiger charge is -2.19. The Balaban J connectivity index is 1.40. The number of aromatic nitrogens is 1. The molecule has 42 heavy (non-hydrogen) atoms. The highest BCUT2D eigenvalue weighted by atomic mass is 16.5. The zero-order valence-corrected chi connectivity index (χ0v) is 23.1. The number of benzene rings is 3. The maximum Gasteiger partial charge on any atom is 0.407 e. The van der Waals surface area contributed by atoms with Crippen molar-refractivity contribution in [2.24, 2.45) is 0 Å². The Kier molecular flexibility index (Phi) is 10.5. The lowest BCUT2D eigenvalue weighted by molar-refractivity contribution is -0.134. The lowest BCUT2D eigenvalue weighted by atomic mass is 10.1. The highest BCUT2D eigenvalue weighted by molar-refractivity contribution is 6.03. The van der Waals surface area contributed by atoms with Crippen LogP contribution in [0.2, 0.25) is 0 Å². The SMILES string of the molecule is COC(=O)C=Cc1ccccc1NC(=O)[C@H](CCCNC(=O)OCc1ccccc1)NC(=O)c1cc2ccccc2[nH]1. The van der Waals surface area contributed by atoms with Crippen LogP contribution >= 0.6 is 0 Å². The van der Waals surface area contributed by atoms with Gasteiger partial charge in [-0.05, 0) is 48.2 Å². The summed E-state index contributed by atoms with van der Waals surface area (Å²) < 4.78 is 9.88. The fourth-order valence-electron chi connectivity index (χ4n) is 4.17. The third-order valence-corrected chi connectivity index (χ3v) is 6.37. The van der Waals surface area contributed by atoms with Gasteiger partial charge in [0.05, 0.1) is 7.11 Å². The third-order valence-electron chi connectivity index (χ3n) is 6.37. The molecule has 0 radical (unpaired) electrons. The summed E-state index contributed by atoms with van der Waals surface area (Å²) in [6.07, 6.45) is 2.83. The number of hydrogen-bond donors (Lipinski definition) is 4. The van der Waals surface area contributed by atoms with Gasteiger partial charge < -0.3 is 30.4 Å². The van der Waals surface area contributed by atoms with Crippen LogP contribution in [0, 0.1) is 0 Å². The van der Waals surface area contributed by atoms with Crippen molar-refractivity contribution in [3.8, 4) is 0 Å². The lowest BCUT2D eigenvalue weighted by Crippen LogP contribution is -2.44. The summed E-state index contributed by atoms with van der Waals surface area (Å²) in [7, 11) is 1.28. The first-order chi connectivity index (χ1) is 20.4. The molecule has 0 unspecified atom stereocenters. The molecule has 4 rings (SSSR count). The van der Waals surface area contributed by atoms with Gasteiger partial charge >= 0.3 is 12.1 Å². The molecule has 0 spiro atoms. The van der Waals surface area contributed by atoms with E-state index in [-0.39, 0.29) is 19.6 Å². The maximum absolute atomic E-state index is 13.4. The quantitative estimate of drug-likeness (QED) is 0.110. The van der Waals surface area contributed by atoms with E-state index in [0.29, 0.717) is 23.4 Å². The van der Waals surface area contributed by atoms with Gasteiger partial charge in [-0.15, -0.1) is 0 Å². The second-order valence-electron chi connectivity index (χ2n) is 9.36. The Morgan fingerprint density at radius 3 is 2.45 bits per heavy atom. The number of aromatic amines is 1. The van der Waals surface area contributed by atoms with Gasteiger partial charge in [0.2, 0.25) is 5.91 Å². The first-order valence-corrected chi connectivity index (χ1v) is 13.4. The van der Waals surface area contributed by atoms with Crippen LogP contribution in [-0.2, 0) is 25.7 Å². The third kappa shape index (κ3) is 8.56. The molecule has 0 bridgehead atoms. The molecular formula is C32H32N4O6. The molecule has 0 saturated carbocycles. The number of esters is 1. The van der Waals surface area contributed by atoms with Crippen molar-refractivity contribution < 1.29 is 28.7 Å². The molecule has 3 aromatic carbocycles. The summed E-state index contributed by atoms with van der Waals surface area (Å²) in [6.45, 7) is 0.375. The van der Waals surface area contributed by atoms with Gasteiger partial charge in [0.1, 0.15) is 18.3 Å². The highest BCUT2D eigenvalue weighted by Crippen LogP contribution is 2.18. The molecule has 0 aliphatic heterocycles. The Hall–Kier alpha value is -5.38. The zero-order valence-electron chi connectivity index (χ0n) is 23.1. The molecule has 1 heterocycles. The van der Waals surface area contributed by atoms with Crippen LogP contribution in [0.1, 0.15) is 34.5 Å². The molecule has 216 valence electrons. The minimum atomic E-state index is -0.927. The number of anilines is 1. The van der Waals surface area contributed by atoms with Crippen molar-refractivity contribution in [1.29, 1.82) is 0 Å². The van der Waals surface area contributed by atoms with E-state index in [4.69, 9.17) is 4.74 Å². The second kappa shape index (κ2) is 14.8. The number of rotatable bonds is 12. The first-order valence-electron chi connectivity index (χ1n) is 13.4. The number of hydrogen-bond acceptors (Lipinski definition) is 6. The summed E-state index contributed by atoms with van der Waals surface area (Å²) in [5.41, 5.74) is 3.02. The standard InChI is InChI=1S/C32H32N4O6/c1-41-29(37)18-17-23-12-5-7-14-25(23)35-30(38)27(36-31(39)28-20-24-13-6-8-15-26(24)34-28)16-9-19-33-32(40)42-21-22-10-3-2-4-11-22/h2-8,10-15,17-18,20,27,34H,9,16,19,21H2,1H3,(H,33,40)(H,35,38)(H,36,39)/t27-/m0/s1. The molecule has 0 fully saturated rings. The number of nitrogens with one attached hydrogen (secondary N) is 4. The first kappa shape index (κ1) is 29.6. The van der Waals surface area contributed by atoms with E-state index in [9.17, 15) is 19.2 Å². The molecule has 0 saturated heterocycles. The predicted octanol–water partition coefficient (Wildman–Crippen LogP) is 4.80. The topological polar surface area (TPSA) is 139 Å². The predicted molar refractivity (Wildman–Crippen MR) is 160 cm³/mol. The number of ether oxygens (including phenoxy) is 2. The van der Waals surface area contributed by atoms with Gasteiger partial charge in [-0.25, -0.2) is 9.59 Å². The van der Waals surface area contributed by atoms with E-state index >= 15 is 0 Å². The summed E-state index contributed by atoms with van der Waals surface area (Å²) in [4.78, 5) is 53.3. The Morgan fingerprint density at radius 1 is 0.929 bits per heavy atom. The molecule has 4 N–H and O–H groups in total. The van der Waals surface area contributed by atoms with E-state index in [1.807, 2.05) is 54.6 Å².